The predicted molar refractivity (Wildman–Crippen MR) is 77.0 cm³/mol. The van der Waals surface area contributed by atoms with Gasteiger partial charge in [0.25, 0.3) is 0 Å². The molecule has 0 bridgehead atoms. The van der Waals surface area contributed by atoms with E-state index in [-0.39, 0.29) is 0 Å². The maximum Gasteiger partial charge on any atom is 0.205 e. The third kappa shape index (κ3) is 3.42. The third-order valence-corrected chi connectivity index (χ3v) is 4.68. The summed E-state index contributed by atoms with van der Waals surface area (Å²) in [5, 5.41) is 13.7. The monoisotopic (exact) mass is 268 g/mol. The van der Waals surface area contributed by atoms with E-state index in [1.807, 2.05) is 0 Å². The summed E-state index contributed by atoms with van der Waals surface area (Å²) in [4.78, 5) is 2.46. The van der Waals surface area contributed by atoms with Crippen molar-refractivity contribution in [2.45, 2.75) is 52.1 Å². The van der Waals surface area contributed by atoms with Gasteiger partial charge in [-0.05, 0) is 32.7 Å². The van der Waals surface area contributed by atoms with Crippen molar-refractivity contribution in [2.75, 3.05) is 18.9 Å². The molecule has 2 atom stereocenters. The molecule has 1 aromatic heterocycles. The Kier molecular flexibility index (Phi) is 4.95. The molecule has 2 rings (SSSR count). The van der Waals surface area contributed by atoms with Gasteiger partial charge in [-0.2, -0.15) is 0 Å². The lowest BCUT2D eigenvalue weighted by molar-refractivity contribution is 0.133. The normalized spacial score (nSPS) is 24.4. The molecular weight excluding hydrogens is 244 g/mol. The molecule has 1 heterocycles. The summed E-state index contributed by atoms with van der Waals surface area (Å²) >= 11 is 1.68. The van der Waals surface area contributed by atoms with Crippen LogP contribution < -0.4 is 5.32 Å². The third-order valence-electron chi connectivity index (χ3n) is 3.81. The van der Waals surface area contributed by atoms with Crippen LogP contribution >= 0.6 is 11.3 Å². The van der Waals surface area contributed by atoms with Crippen LogP contribution in [0.1, 0.15) is 44.5 Å². The summed E-state index contributed by atoms with van der Waals surface area (Å²) in [7, 11) is 2.22. The molecule has 0 saturated heterocycles. The van der Waals surface area contributed by atoms with Gasteiger partial charge in [-0.25, -0.2) is 0 Å². The molecule has 0 aliphatic heterocycles. The lowest BCUT2D eigenvalue weighted by Gasteiger charge is -2.35. The van der Waals surface area contributed by atoms with Gasteiger partial charge < -0.3 is 5.32 Å². The Balaban J connectivity index is 1.90. The average Bonchev–Trinajstić information content (AvgIpc) is 2.77. The summed E-state index contributed by atoms with van der Waals surface area (Å²) in [5.74, 6) is 0.810. The standard InChI is InChI=1S/C13H24N4S/c1-4-14-13-16-15-12(18-13)9-17(3)11-8-6-5-7-10(11)2/h10-11H,4-9H2,1-3H3,(H,14,16). The summed E-state index contributed by atoms with van der Waals surface area (Å²) in [6.45, 7) is 6.30. The highest BCUT2D eigenvalue weighted by atomic mass is 32.1. The van der Waals surface area contributed by atoms with E-state index in [0.717, 1.165) is 29.1 Å². The Morgan fingerprint density at radius 2 is 2.11 bits per heavy atom. The maximum absolute atomic E-state index is 4.26. The Bertz CT molecular complexity index is 366. The second kappa shape index (κ2) is 6.48. The topological polar surface area (TPSA) is 41.1 Å². The molecule has 18 heavy (non-hydrogen) atoms. The summed E-state index contributed by atoms with van der Waals surface area (Å²) in [6.07, 6.45) is 5.47. The number of anilines is 1. The van der Waals surface area contributed by atoms with Gasteiger partial charge in [-0.1, -0.05) is 31.1 Å². The van der Waals surface area contributed by atoms with Gasteiger partial charge in [0.1, 0.15) is 5.01 Å². The predicted octanol–water partition coefficient (Wildman–Crippen LogP) is 2.98. The molecule has 1 aromatic rings. The molecule has 0 radical (unpaired) electrons. The van der Waals surface area contributed by atoms with Crippen molar-refractivity contribution in [2.24, 2.45) is 5.92 Å². The summed E-state index contributed by atoms with van der Waals surface area (Å²) in [5.41, 5.74) is 0. The molecule has 1 N–H and O–H groups in total. The smallest absolute Gasteiger partial charge is 0.205 e. The van der Waals surface area contributed by atoms with Crippen molar-refractivity contribution in [3.63, 3.8) is 0 Å². The SMILES string of the molecule is CCNc1nnc(CN(C)C2CCCCC2C)s1. The summed E-state index contributed by atoms with van der Waals surface area (Å²) in [6, 6.07) is 0.713. The minimum absolute atomic E-state index is 0.713. The zero-order valence-electron chi connectivity index (χ0n) is 11.6. The number of aromatic nitrogens is 2. The van der Waals surface area contributed by atoms with E-state index in [1.54, 1.807) is 11.3 Å². The van der Waals surface area contributed by atoms with Crippen LogP contribution in [-0.2, 0) is 6.54 Å². The van der Waals surface area contributed by atoms with Gasteiger partial charge >= 0.3 is 0 Å². The molecule has 2 unspecified atom stereocenters. The van der Waals surface area contributed by atoms with Crippen LogP contribution in [0.15, 0.2) is 0 Å². The van der Waals surface area contributed by atoms with Crippen LogP contribution in [0.3, 0.4) is 0 Å². The van der Waals surface area contributed by atoms with Crippen LogP contribution in [0.5, 0.6) is 0 Å². The van der Waals surface area contributed by atoms with E-state index < -0.39 is 0 Å². The van der Waals surface area contributed by atoms with E-state index in [2.05, 4.69) is 41.3 Å². The molecule has 0 aromatic carbocycles. The van der Waals surface area contributed by atoms with E-state index in [0.29, 0.717) is 6.04 Å². The maximum atomic E-state index is 4.26. The van der Waals surface area contributed by atoms with Gasteiger partial charge in [0.05, 0.1) is 6.54 Å². The van der Waals surface area contributed by atoms with Gasteiger partial charge in [-0.15, -0.1) is 10.2 Å². The molecule has 0 spiro atoms. The van der Waals surface area contributed by atoms with Crippen molar-refractivity contribution in [1.29, 1.82) is 0 Å². The van der Waals surface area contributed by atoms with E-state index in [4.69, 9.17) is 0 Å². The molecule has 5 heteroatoms. The molecule has 1 saturated carbocycles. The molecule has 1 fully saturated rings. The minimum Gasteiger partial charge on any atom is -0.360 e. The number of hydrogen-bond acceptors (Lipinski definition) is 5. The number of nitrogens with zero attached hydrogens (tertiary/aromatic N) is 3. The number of hydrogen-bond donors (Lipinski definition) is 1. The number of nitrogens with one attached hydrogen (secondary N) is 1. The fourth-order valence-electron chi connectivity index (χ4n) is 2.82. The van der Waals surface area contributed by atoms with Crippen molar-refractivity contribution in [1.82, 2.24) is 15.1 Å². The molecule has 1 aliphatic carbocycles. The highest BCUT2D eigenvalue weighted by Gasteiger charge is 2.25. The first kappa shape index (κ1) is 13.7. The van der Waals surface area contributed by atoms with Crippen molar-refractivity contribution in [3.8, 4) is 0 Å². The fraction of sp³-hybridized carbons (Fsp3) is 0.846. The first-order valence-electron chi connectivity index (χ1n) is 6.97. The van der Waals surface area contributed by atoms with Crippen LogP contribution in [0, 0.1) is 5.92 Å². The van der Waals surface area contributed by atoms with Gasteiger partial charge in [-0.3, -0.25) is 4.90 Å². The van der Waals surface area contributed by atoms with E-state index in [9.17, 15) is 0 Å². The number of rotatable bonds is 5. The first-order chi connectivity index (χ1) is 8.70. The van der Waals surface area contributed by atoms with Gasteiger partial charge in [0, 0.05) is 12.6 Å². The quantitative estimate of drug-likeness (QED) is 0.891. The van der Waals surface area contributed by atoms with Gasteiger partial charge in [0.15, 0.2) is 0 Å². The lowest BCUT2D eigenvalue weighted by atomic mass is 9.85. The van der Waals surface area contributed by atoms with Crippen molar-refractivity contribution < 1.29 is 0 Å². The minimum atomic E-state index is 0.713. The second-order valence-corrected chi connectivity index (χ2v) is 6.34. The van der Waals surface area contributed by atoms with Gasteiger partial charge in [0.2, 0.25) is 5.13 Å². The zero-order valence-corrected chi connectivity index (χ0v) is 12.5. The van der Waals surface area contributed by atoms with Crippen LogP contribution in [-0.4, -0.2) is 34.7 Å². The Labute approximate surface area is 114 Å². The Morgan fingerprint density at radius 1 is 1.33 bits per heavy atom. The highest BCUT2D eigenvalue weighted by Crippen LogP contribution is 2.28. The first-order valence-corrected chi connectivity index (χ1v) is 7.78. The van der Waals surface area contributed by atoms with Crippen molar-refractivity contribution >= 4 is 16.5 Å². The van der Waals surface area contributed by atoms with E-state index in [1.165, 1.54) is 25.7 Å². The summed E-state index contributed by atoms with van der Waals surface area (Å²) < 4.78 is 0. The van der Waals surface area contributed by atoms with Crippen LogP contribution in [0.25, 0.3) is 0 Å². The Hall–Kier alpha value is -0.680. The fourth-order valence-corrected chi connectivity index (χ4v) is 3.69. The second-order valence-electron chi connectivity index (χ2n) is 5.28. The van der Waals surface area contributed by atoms with Crippen molar-refractivity contribution in [3.05, 3.63) is 5.01 Å². The average molecular weight is 268 g/mol. The largest absolute Gasteiger partial charge is 0.360 e. The highest BCUT2D eigenvalue weighted by molar-refractivity contribution is 7.15. The van der Waals surface area contributed by atoms with Crippen LogP contribution in [0.4, 0.5) is 5.13 Å². The molecule has 0 amide bonds. The lowest BCUT2D eigenvalue weighted by Crippen LogP contribution is -2.38. The van der Waals surface area contributed by atoms with E-state index >= 15 is 0 Å². The molecule has 102 valence electrons. The Morgan fingerprint density at radius 3 is 2.83 bits per heavy atom. The molecule has 4 nitrogen and oxygen atoms in total. The zero-order chi connectivity index (χ0) is 13.0. The van der Waals surface area contributed by atoms with Crippen LogP contribution in [0.2, 0.25) is 0 Å². The molecule has 1 aliphatic rings. The molecular formula is C13H24N4S.